The SMILES string of the molecule is CN1C2=C(C=NC1Cl)COCC2c1ccc(Cl)cc1. The summed E-state index contributed by atoms with van der Waals surface area (Å²) in [7, 11) is 1.97. The van der Waals surface area contributed by atoms with E-state index in [1.54, 1.807) is 0 Å². The number of aliphatic imine (C=N–C) groups is 1. The van der Waals surface area contributed by atoms with Crippen LogP contribution < -0.4 is 0 Å². The quantitative estimate of drug-likeness (QED) is 0.587. The minimum absolute atomic E-state index is 0.180. The van der Waals surface area contributed by atoms with E-state index in [2.05, 4.69) is 4.99 Å². The monoisotopic (exact) mass is 296 g/mol. The van der Waals surface area contributed by atoms with Gasteiger partial charge in [-0.3, -0.25) is 4.99 Å². The average Bonchev–Trinajstić information content (AvgIpc) is 2.43. The zero-order valence-corrected chi connectivity index (χ0v) is 12.0. The molecule has 5 heteroatoms. The van der Waals surface area contributed by atoms with Gasteiger partial charge in [-0.05, 0) is 17.7 Å². The molecule has 0 N–H and O–H groups in total. The van der Waals surface area contributed by atoms with E-state index in [0.717, 1.165) is 10.6 Å². The van der Waals surface area contributed by atoms with Crippen LogP contribution in [0.5, 0.6) is 0 Å². The Morgan fingerprint density at radius 2 is 2.05 bits per heavy atom. The number of rotatable bonds is 1. The molecule has 3 rings (SSSR count). The van der Waals surface area contributed by atoms with Crippen molar-refractivity contribution in [3.8, 4) is 0 Å². The Balaban J connectivity index is 2.01. The van der Waals surface area contributed by atoms with Gasteiger partial charge in [-0.1, -0.05) is 35.3 Å². The van der Waals surface area contributed by atoms with Crippen LogP contribution in [0.4, 0.5) is 0 Å². The first-order valence-electron chi connectivity index (χ1n) is 6.13. The number of likely N-dealkylation sites (N-methyl/N-ethyl adjacent to an activating group) is 1. The van der Waals surface area contributed by atoms with Crippen molar-refractivity contribution in [3.05, 3.63) is 46.1 Å². The molecule has 2 unspecified atom stereocenters. The first-order valence-corrected chi connectivity index (χ1v) is 6.94. The molecule has 0 spiro atoms. The van der Waals surface area contributed by atoms with Crippen LogP contribution in [0.1, 0.15) is 11.5 Å². The summed E-state index contributed by atoms with van der Waals surface area (Å²) in [6.07, 6.45) is 1.83. The number of nitrogens with zero attached hydrogens (tertiary/aromatic N) is 2. The van der Waals surface area contributed by atoms with Gasteiger partial charge in [-0.25, -0.2) is 0 Å². The van der Waals surface area contributed by atoms with Crippen molar-refractivity contribution in [2.24, 2.45) is 4.99 Å². The van der Waals surface area contributed by atoms with Crippen molar-refractivity contribution < 1.29 is 4.74 Å². The van der Waals surface area contributed by atoms with Crippen LogP contribution in [-0.4, -0.2) is 37.0 Å². The molecule has 2 aliphatic rings. The van der Waals surface area contributed by atoms with Gasteiger partial charge in [0, 0.05) is 35.5 Å². The molecule has 0 saturated heterocycles. The Morgan fingerprint density at radius 3 is 2.79 bits per heavy atom. The highest BCUT2D eigenvalue weighted by molar-refractivity contribution is 6.30. The molecule has 3 nitrogen and oxygen atoms in total. The summed E-state index contributed by atoms with van der Waals surface area (Å²) >= 11 is 12.1. The lowest BCUT2D eigenvalue weighted by atomic mass is 9.91. The number of ether oxygens (including phenoxy) is 1. The van der Waals surface area contributed by atoms with Crippen molar-refractivity contribution >= 4 is 29.4 Å². The molecule has 0 radical (unpaired) electrons. The van der Waals surface area contributed by atoms with Gasteiger partial charge < -0.3 is 9.64 Å². The van der Waals surface area contributed by atoms with Crippen molar-refractivity contribution in [2.75, 3.05) is 20.3 Å². The maximum Gasteiger partial charge on any atom is 0.197 e. The van der Waals surface area contributed by atoms with E-state index in [1.165, 1.54) is 11.3 Å². The largest absolute Gasteiger partial charge is 0.376 e. The second-order valence-electron chi connectivity index (χ2n) is 4.73. The summed E-state index contributed by atoms with van der Waals surface area (Å²) in [5.41, 5.74) is 3.14. The molecule has 0 aliphatic carbocycles. The number of hydrogen-bond donors (Lipinski definition) is 0. The van der Waals surface area contributed by atoms with Crippen molar-refractivity contribution in [2.45, 2.75) is 11.5 Å². The second kappa shape index (κ2) is 5.16. The fourth-order valence-corrected chi connectivity index (χ4v) is 2.84. The molecule has 2 atom stereocenters. The Kier molecular flexibility index (Phi) is 3.52. The minimum atomic E-state index is -0.341. The van der Waals surface area contributed by atoms with Gasteiger partial charge in [0.15, 0.2) is 5.62 Å². The van der Waals surface area contributed by atoms with Crippen LogP contribution in [0.25, 0.3) is 0 Å². The topological polar surface area (TPSA) is 24.8 Å². The van der Waals surface area contributed by atoms with Crippen LogP contribution in [0.2, 0.25) is 5.02 Å². The number of hydrogen-bond acceptors (Lipinski definition) is 3. The van der Waals surface area contributed by atoms with Gasteiger partial charge in [-0.15, -0.1) is 0 Å². The Labute approximate surface area is 122 Å². The van der Waals surface area contributed by atoms with Gasteiger partial charge >= 0.3 is 0 Å². The van der Waals surface area contributed by atoms with Gasteiger partial charge in [0.25, 0.3) is 0 Å². The van der Waals surface area contributed by atoms with Crippen LogP contribution in [0.3, 0.4) is 0 Å². The van der Waals surface area contributed by atoms with E-state index in [1.807, 2.05) is 42.4 Å². The molecule has 1 aromatic carbocycles. The van der Waals surface area contributed by atoms with Crippen LogP contribution in [0.15, 0.2) is 40.5 Å². The first-order chi connectivity index (χ1) is 9.16. The van der Waals surface area contributed by atoms with E-state index < -0.39 is 0 Å². The van der Waals surface area contributed by atoms with E-state index >= 15 is 0 Å². The molecule has 2 aliphatic heterocycles. The number of halogens is 2. The lowest BCUT2D eigenvalue weighted by molar-refractivity contribution is 0.120. The molecular weight excluding hydrogens is 283 g/mol. The summed E-state index contributed by atoms with van der Waals surface area (Å²) in [5, 5.41) is 0.739. The van der Waals surface area contributed by atoms with Gasteiger partial charge in [-0.2, -0.15) is 0 Å². The summed E-state index contributed by atoms with van der Waals surface area (Å²) in [5.74, 6) is 0.180. The zero-order chi connectivity index (χ0) is 13.4. The Bertz CT molecular complexity index is 539. The molecule has 0 bridgehead atoms. The van der Waals surface area contributed by atoms with Crippen LogP contribution in [0, 0.1) is 0 Å². The summed E-state index contributed by atoms with van der Waals surface area (Å²) in [6, 6.07) is 7.88. The standard InChI is InChI=1S/C14H14Cl2N2O/c1-18-13-10(6-17-14(18)16)7-19-8-12(13)9-2-4-11(15)5-3-9/h2-6,12,14H,7-8H2,1H3. The average molecular weight is 297 g/mol. The number of alkyl halides is 1. The zero-order valence-electron chi connectivity index (χ0n) is 10.5. The molecule has 19 heavy (non-hydrogen) atoms. The van der Waals surface area contributed by atoms with Crippen LogP contribution >= 0.6 is 23.2 Å². The fourth-order valence-electron chi connectivity index (χ4n) is 2.55. The molecular formula is C14H14Cl2N2O. The third-order valence-corrected chi connectivity index (χ3v) is 4.18. The highest BCUT2D eigenvalue weighted by Crippen LogP contribution is 2.36. The molecule has 100 valence electrons. The Morgan fingerprint density at radius 1 is 1.32 bits per heavy atom. The predicted octanol–water partition coefficient (Wildman–Crippen LogP) is 3.25. The molecule has 0 saturated carbocycles. The summed E-state index contributed by atoms with van der Waals surface area (Å²) < 4.78 is 5.67. The highest BCUT2D eigenvalue weighted by atomic mass is 35.5. The smallest absolute Gasteiger partial charge is 0.197 e. The lowest BCUT2D eigenvalue weighted by Crippen LogP contribution is -2.37. The van der Waals surface area contributed by atoms with Crippen molar-refractivity contribution in [1.82, 2.24) is 4.90 Å². The van der Waals surface area contributed by atoms with Crippen molar-refractivity contribution in [3.63, 3.8) is 0 Å². The third kappa shape index (κ3) is 2.38. The van der Waals surface area contributed by atoms with E-state index in [0.29, 0.717) is 13.2 Å². The maximum absolute atomic E-state index is 6.20. The van der Waals surface area contributed by atoms with Crippen LogP contribution in [-0.2, 0) is 4.74 Å². The van der Waals surface area contributed by atoms with Gasteiger partial charge in [0.05, 0.1) is 13.2 Å². The third-order valence-electron chi connectivity index (χ3n) is 3.53. The first kappa shape index (κ1) is 13.0. The maximum atomic E-state index is 6.20. The molecule has 2 heterocycles. The van der Waals surface area contributed by atoms with Gasteiger partial charge in [0.2, 0.25) is 0 Å². The Hall–Kier alpha value is -1.03. The highest BCUT2D eigenvalue weighted by Gasteiger charge is 2.31. The molecule has 0 aromatic heterocycles. The normalized spacial score (nSPS) is 26.6. The van der Waals surface area contributed by atoms with E-state index in [9.17, 15) is 0 Å². The second-order valence-corrected chi connectivity index (χ2v) is 5.56. The molecule has 0 amide bonds. The molecule has 1 aromatic rings. The minimum Gasteiger partial charge on any atom is -0.376 e. The van der Waals surface area contributed by atoms with Gasteiger partial charge in [0.1, 0.15) is 0 Å². The lowest BCUT2D eigenvalue weighted by Gasteiger charge is -2.38. The van der Waals surface area contributed by atoms with Crippen molar-refractivity contribution in [1.29, 1.82) is 0 Å². The fraction of sp³-hybridized carbons (Fsp3) is 0.357. The summed E-state index contributed by atoms with van der Waals surface area (Å²) in [6.45, 7) is 1.25. The van der Waals surface area contributed by atoms with E-state index in [-0.39, 0.29) is 11.5 Å². The summed E-state index contributed by atoms with van der Waals surface area (Å²) in [4.78, 5) is 6.26. The van der Waals surface area contributed by atoms with E-state index in [4.69, 9.17) is 27.9 Å². The molecule has 0 fully saturated rings. The number of benzene rings is 1. The predicted molar refractivity (Wildman–Crippen MR) is 77.9 cm³/mol.